The molecule has 5 heterocycles. The number of fused-ring (bicyclic) bond motifs is 3. The molecular formula is C61H55N3O19. The number of carbonyl (C=O) groups is 5. The quantitative estimate of drug-likeness (QED) is 0.0265. The first kappa shape index (κ1) is 56.5. The zero-order valence-electron chi connectivity index (χ0n) is 44.3. The van der Waals surface area contributed by atoms with Gasteiger partial charge >= 0.3 is 29.8 Å². The Hall–Kier alpha value is -8.38. The van der Waals surface area contributed by atoms with E-state index in [1.54, 1.807) is 127 Å². The van der Waals surface area contributed by atoms with Gasteiger partial charge in [-0.1, -0.05) is 126 Å². The molecule has 0 radical (unpaired) electrons. The highest BCUT2D eigenvalue weighted by atomic mass is 16.8. The Balaban J connectivity index is 1.04. The van der Waals surface area contributed by atoms with Crippen LogP contribution in [0.4, 0.5) is 0 Å². The molecule has 6 aromatic rings. The van der Waals surface area contributed by atoms with Gasteiger partial charge in [0.05, 0.1) is 47.1 Å². The average Bonchev–Trinajstić information content (AvgIpc) is 3.38. The van der Waals surface area contributed by atoms with Gasteiger partial charge in [-0.2, -0.15) is 0 Å². The van der Waals surface area contributed by atoms with Gasteiger partial charge in [0.25, 0.3) is 0 Å². The van der Waals surface area contributed by atoms with Gasteiger partial charge in [-0.3, -0.25) is 0 Å². The number of hydrogen-bond acceptors (Lipinski definition) is 20. The van der Waals surface area contributed by atoms with Crippen LogP contribution in [0.15, 0.2) is 187 Å². The maximum atomic E-state index is 14.8. The maximum Gasteiger partial charge on any atom is 0.338 e. The summed E-state index contributed by atoms with van der Waals surface area (Å²) in [6.45, 7) is -0.954. The number of azide groups is 1. The number of nitrogens with zero attached hydrogens (tertiary/aromatic N) is 3. The third-order valence-corrected chi connectivity index (χ3v) is 14.4. The van der Waals surface area contributed by atoms with Crippen LogP contribution in [0.5, 0.6) is 0 Å². The molecule has 0 aliphatic carbocycles. The molecule has 0 spiro atoms. The lowest BCUT2D eigenvalue weighted by Gasteiger charge is -2.51. The number of carbonyl (C=O) groups excluding carboxylic acids is 5. The Labute approximate surface area is 474 Å². The van der Waals surface area contributed by atoms with Crippen LogP contribution in [0.1, 0.15) is 63.6 Å². The second-order valence-electron chi connectivity index (χ2n) is 19.6. The van der Waals surface area contributed by atoms with Crippen LogP contribution in [-0.4, -0.2) is 149 Å². The molecule has 7 unspecified atom stereocenters. The molecule has 16 atom stereocenters. The van der Waals surface area contributed by atoms with Crippen molar-refractivity contribution >= 4 is 29.8 Å². The van der Waals surface area contributed by atoms with Crippen molar-refractivity contribution in [3.8, 4) is 0 Å². The summed E-state index contributed by atoms with van der Waals surface area (Å²) in [5, 5.41) is 3.91. The molecule has 22 nitrogen and oxygen atoms in total. The SMILES string of the molecule is CO[C@H]1C(N=[N+]=[N-])[C@H]2OCC(O2)[C@@H]1O[C@H]1O[C@H](COC(=O)c2ccccc2)[C@@H](O[C@H]2O[C@H]3COC(c4ccccc4)O[C@H]3C(OC(=O)c3ccccc3)C2OC(=O)c2ccccc2)C(OC(=O)c2ccccc2)C1OC(=O)c1ccccc1. The fourth-order valence-corrected chi connectivity index (χ4v) is 10.4. The Morgan fingerprint density at radius 2 is 0.904 bits per heavy atom. The summed E-state index contributed by atoms with van der Waals surface area (Å²) in [5.74, 6) is -4.44. The molecule has 0 amide bonds. The third kappa shape index (κ3) is 12.8. The Morgan fingerprint density at radius 1 is 0.470 bits per heavy atom. The zero-order valence-corrected chi connectivity index (χ0v) is 44.3. The van der Waals surface area contributed by atoms with Gasteiger partial charge in [-0.25, -0.2) is 24.0 Å². The summed E-state index contributed by atoms with van der Waals surface area (Å²) >= 11 is 0. The van der Waals surface area contributed by atoms with Crippen LogP contribution in [0.25, 0.3) is 10.4 Å². The standard InChI is InChI=1S/C61H55N3O19/c1-70-48-44(63-64-62)59-73-34-42(74-59)45(48)82-60-52(80-57(69)39-28-16-6-17-29-39)50(78-55(67)37-24-12-4-13-25-37)47(41(75-60)32-71-53(65)35-20-8-2-9-21-35)83-61-51(79-56(68)38-26-14-5-15-27-38)49(77-54(66)36-22-10-3-11-23-36)46-43(76-61)33-72-58(81-46)40-30-18-7-19-31-40/h2-31,41-52,58-61H,32-34H2,1H3/t41-,42?,43+,44?,45+,46-,47-,48+,49?,50?,51?,52?,58?,59+,60-,61-/m1/s1. The van der Waals surface area contributed by atoms with E-state index < -0.39 is 135 Å². The summed E-state index contributed by atoms with van der Waals surface area (Å²) in [5.41, 5.74) is 10.8. The lowest BCUT2D eigenvalue weighted by atomic mass is 9.94. The number of rotatable bonds is 18. The first-order valence-electron chi connectivity index (χ1n) is 26.7. The average molecular weight is 1130 g/mol. The normalized spacial score (nSPS) is 29.8. The monoisotopic (exact) mass is 1130 g/mol. The highest BCUT2D eigenvalue weighted by Gasteiger charge is 2.61. The molecule has 11 rings (SSSR count). The molecule has 2 bridgehead atoms. The van der Waals surface area contributed by atoms with Gasteiger partial charge in [0.2, 0.25) is 0 Å². The Bertz CT molecular complexity index is 3220. The van der Waals surface area contributed by atoms with Crippen molar-refractivity contribution in [2.75, 3.05) is 26.9 Å². The van der Waals surface area contributed by atoms with Crippen molar-refractivity contribution in [3.05, 3.63) is 226 Å². The van der Waals surface area contributed by atoms with Crippen LogP contribution < -0.4 is 0 Å². The number of hydrogen-bond donors (Lipinski definition) is 0. The van der Waals surface area contributed by atoms with E-state index in [-0.39, 0.29) is 41.0 Å². The molecule has 5 saturated heterocycles. The molecule has 0 aromatic heterocycles. The molecule has 5 aliphatic heterocycles. The molecule has 5 fully saturated rings. The fourth-order valence-electron chi connectivity index (χ4n) is 10.4. The van der Waals surface area contributed by atoms with Gasteiger partial charge in [0, 0.05) is 17.6 Å². The molecule has 22 heteroatoms. The summed E-state index contributed by atoms with van der Waals surface area (Å²) < 4.78 is 90.0. The predicted octanol–water partition coefficient (Wildman–Crippen LogP) is 7.53. The van der Waals surface area contributed by atoms with Crippen LogP contribution in [-0.2, 0) is 66.3 Å². The molecule has 5 aliphatic rings. The highest BCUT2D eigenvalue weighted by Crippen LogP contribution is 2.42. The topological polar surface area (TPSA) is 263 Å². The Morgan fingerprint density at radius 3 is 1.41 bits per heavy atom. The van der Waals surface area contributed by atoms with E-state index in [9.17, 15) is 29.5 Å². The predicted molar refractivity (Wildman–Crippen MR) is 285 cm³/mol. The van der Waals surface area contributed by atoms with E-state index in [4.69, 9.17) is 66.3 Å². The lowest BCUT2D eigenvalue weighted by Crippen LogP contribution is -2.68. The number of methoxy groups -OCH3 is 1. The van der Waals surface area contributed by atoms with Crippen LogP contribution >= 0.6 is 0 Å². The first-order valence-corrected chi connectivity index (χ1v) is 26.7. The van der Waals surface area contributed by atoms with E-state index in [0.29, 0.717) is 5.56 Å². The minimum absolute atomic E-state index is 0.0469. The van der Waals surface area contributed by atoms with Crippen molar-refractivity contribution in [2.45, 2.75) is 98.3 Å². The largest absolute Gasteiger partial charge is 0.459 e. The summed E-state index contributed by atoms with van der Waals surface area (Å²) in [7, 11) is 1.37. The van der Waals surface area contributed by atoms with Crippen molar-refractivity contribution in [3.63, 3.8) is 0 Å². The van der Waals surface area contributed by atoms with Gasteiger partial charge in [0.15, 0.2) is 49.6 Å². The van der Waals surface area contributed by atoms with E-state index in [2.05, 4.69) is 10.0 Å². The minimum Gasteiger partial charge on any atom is -0.459 e. The minimum atomic E-state index is -1.85. The van der Waals surface area contributed by atoms with E-state index in [0.717, 1.165) is 0 Å². The first-order chi connectivity index (χ1) is 40.6. The molecule has 428 valence electrons. The number of esters is 5. The number of ether oxygens (including phenoxy) is 14. The molecule has 0 saturated carbocycles. The molecular weight excluding hydrogens is 1080 g/mol. The second kappa shape index (κ2) is 26.2. The maximum absolute atomic E-state index is 14.8. The van der Waals surface area contributed by atoms with Crippen LogP contribution in [0, 0.1) is 0 Å². The van der Waals surface area contributed by atoms with Gasteiger partial charge in [-0.05, 0) is 66.2 Å². The van der Waals surface area contributed by atoms with E-state index in [1.165, 1.54) is 55.6 Å². The summed E-state index contributed by atoms with van der Waals surface area (Å²) in [6.07, 6.45) is -21.6. The molecule has 6 aromatic carbocycles. The van der Waals surface area contributed by atoms with Gasteiger partial charge in [0.1, 0.15) is 49.3 Å². The fraction of sp³-hybridized carbons (Fsp3) is 0.328. The zero-order chi connectivity index (χ0) is 57.2. The number of benzene rings is 6. The lowest BCUT2D eigenvalue weighted by molar-refractivity contribution is -0.387. The van der Waals surface area contributed by atoms with Crippen LogP contribution in [0.2, 0.25) is 0 Å². The van der Waals surface area contributed by atoms with Crippen LogP contribution in [0.3, 0.4) is 0 Å². The highest BCUT2D eigenvalue weighted by molar-refractivity contribution is 5.92. The third-order valence-electron chi connectivity index (χ3n) is 14.4. The van der Waals surface area contributed by atoms with E-state index in [1.807, 2.05) is 6.07 Å². The summed E-state index contributed by atoms with van der Waals surface area (Å²) in [4.78, 5) is 75.2. The molecule has 0 N–H and O–H groups in total. The summed E-state index contributed by atoms with van der Waals surface area (Å²) in [6, 6.07) is 47.8. The van der Waals surface area contributed by atoms with Gasteiger partial charge in [-0.15, -0.1) is 0 Å². The Kier molecular flexibility index (Phi) is 17.9. The van der Waals surface area contributed by atoms with Crippen molar-refractivity contribution in [1.82, 2.24) is 0 Å². The van der Waals surface area contributed by atoms with Crippen molar-refractivity contribution in [2.24, 2.45) is 5.11 Å². The second-order valence-corrected chi connectivity index (χ2v) is 19.6. The van der Waals surface area contributed by atoms with E-state index >= 15 is 0 Å². The smallest absolute Gasteiger partial charge is 0.338 e. The van der Waals surface area contributed by atoms with Gasteiger partial charge < -0.3 is 66.3 Å². The van der Waals surface area contributed by atoms with Crippen molar-refractivity contribution in [1.29, 1.82) is 0 Å². The van der Waals surface area contributed by atoms with Crippen molar-refractivity contribution < 1.29 is 90.3 Å². The molecule has 83 heavy (non-hydrogen) atoms.